The van der Waals surface area contributed by atoms with Crippen LogP contribution in [0.2, 0.25) is 0 Å². The number of thioether (sulfide) groups is 1. The minimum Gasteiger partial charge on any atom is -0.494 e. The average molecular weight is 297 g/mol. The summed E-state index contributed by atoms with van der Waals surface area (Å²) in [6.45, 7) is 4.22. The Labute approximate surface area is 122 Å². The molecule has 0 heterocycles. The molecule has 0 radical (unpaired) electrons. The first kappa shape index (κ1) is 16.4. The van der Waals surface area contributed by atoms with Gasteiger partial charge in [-0.3, -0.25) is 9.59 Å². The van der Waals surface area contributed by atoms with Gasteiger partial charge >= 0.3 is 5.97 Å². The highest BCUT2D eigenvalue weighted by atomic mass is 32.2. The van der Waals surface area contributed by atoms with Gasteiger partial charge in [-0.15, -0.1) is 11.8 Å². The molecule has 0 bridgehead atoms. The van der Waals surface area contributed by atoms with E-state index < -0.39 is 5.97 Å². The van der Waals surface area contributed by atoms with Gasteiger partial charge in [0.05, 0.1) is 18.8 Å². The highest BCUT2D eigenvalue weighted by Crippen LogP contribution is 2.21. The van der Waals surface area contributed by atoms with Gasteiger partial charge < -0.3 is 15.2 Å². The van der Waals surface area contributed by atoms with Crippen LogP contribution in [-0.4, -0.2) is 35.4 Å². The number of rotatable bonds is 8. The molecule has 5 nitrogen and oxygen atoms in total. The molecule has 1 atom stereocenters. The molecule has 0 aliphatic carbocycles. The molecule has 0 aliphatic heterocycles. The molecule has 1 unspecified atom stereocenters. The second kappa shape index (κ2) is 8.47. The number of nitrogens with one attached hydrogen (secondary N) is 1. The number of benzene rings is 1. The second-order valence-electron chi connectivity index (χ2n) is 4.26. The van der Waals surface area contributed by atoms with Gasteiger partial charge in [0.2, 0.25) is 5.91 Å². The molecule has 1 rings (SSSR count). The zero-order valence-electron chi connectivity index (χ0n) is 11.6. The third-order valence-corrected chi connectivity index (χ3v) is 3.40. The summed E-state index contributed by atoms with van der Waals surface area (Å²) in [7, 11) is 0. The van der Waals surface area contributed by atoms with Gasteiger partial charge in [0.25, 0.3) is 0 Å². The van der Waals surface area contributed by atoms with Crippen molar-refractivity contribution in [2.75, 3.05) is 12.4 Å². The van der Waals surface area contributed by atoms with Crippen molar-refractivity contribution in [2.45, 2.75) is 31.2 Å². The van der Waals surface area contributed by atoms with Crippen LogP contribution >= 0.6 is 11.8 Å². The molecule has 0 aliphatic rings. The third-order valence-electron chi connectivity index (χ3n) is 2.39. The minimum absolute atomic E-state index is 0.0700. The van der Waals surface area contributed by atoms with Crippen LogP contribution in [0.25, 0.3) is 0 Å². The Morgan fingerprint density at radius 3 is 2.55 bits per heavy atom. The van der Waals surface area contributed by atoms with E-state index in [1.165, 1.54) is 11.8 Å². The molecule has 0 saturated carbocycles. The summed E-state index contributed by atoms with van der Waals surface area (Å²) in [5.41, 5.74) is 0. The Bertz CT molecular complexity index is 447. The number of carbonyl (C=O) groups excluding carboxylic acids is 1. The van der Waals surface area contributed by atoms with Gasteiger partial charge in [0.15, 0.2) is 0 Å². The fourth-order valence-electron chi connectivity index (χ4n) is 1.58. The van der Waals surface area contributed by atoms with Crippen LogP contribution < -0.4 is 10.1 Å². The van der Waals surface area contributed by atoms with Crippen molar-refractivity contribution in [3.63, 3.8) is 0 Å². The molecular weight excluding hydrogens is 278 g/mol. The molecular formula is C14H19NO4S. The maximum atomic E-state index is 11.6. The number of aliphatic carboxylic acids is 1. The number of carbonyl (C=O) groups is 2. The summed E-state index contributed by atoms with van der Waals surface area (Å²) < 4.78 is 5.33. The Balaban J connectivity index is 2.35. The van der Waals surface area contributed by atoms with Crippen molar-refractivity contribution in [1.29, 1.82) is 0 Å². The van der Waals surface area contributed by atoms with Crippen LogP contribution in [0.1, 0.15) is 20.3 Å². The Hall–Kier alpha value is -1.69. The number of carboxylic acids is 1. The molecule has 0 spiro atoms. The van der Waals surface area contributed by atoms with E-state index in [1.54, 1.807) is 6.92 Å². The number of carboxylic acid groups (broad SMARTS) is 1. The second-order valence-corrected chi connectivity index (χ2v) is 5.31. The SMILES string of the molecule is CCOc1ccc(SCC(=O)NC(C)CC(=O)O)cc1. The lowest BCUT2D eigenvalue weighted by Crippen LogP contribution is -2.35. The van der Waals surface area contributed by atoms with Gasteiger partial charge in [0, 0.05) is 10.9 Å². The van der Waals surface area contributed by atoms with Crippen LogP contribution in [0.5, 0.6) is 5.75 Å². The molecule has 0 fully saturated rings. The van der Waals surface area contributed by atoms with E-state index in [0.717, 1.165) is 10.6 Å². The van der Waals surface area contributed by atoms with Crippen molar-refractivity contribution >= 4 is 23.6 Å². The van der Waals surface area contributed by atoms with E-state index in [0.29, 0.717) is 6.61 Å². The van der Waals surface area contributed by atoms with E-state index >= 15 is 0 Å². The molecule has 0 aromatic heterocycles. The first-order valence-corrected chi connectivity index (χ1v) is 7.36. The first-order chi connectivity index (χ1) is 9.51. The van der Waals surface area contributed by atoms with Gasteiger partial charge in [-0.05, 0) is 38.1 Å². The fraction of sp³-hybridized carbons (Fsp3) is 0.429. The highest BCUT2D eigenvalue weighted by molar-refractivity contribution is 8.00. The molecule has 2 N–H and O–H groups in total. The summed E-state index contributed by atoms with van der Waals surface area (Å²) in [5, 5.41) is 11.3. The third kappa shape index (κ3) is 6.47. The van der Waals surface area contributed by atoms with E-state index in [4.69, 9.17) is 9.84 Å². The molecule has 1 aromatic carbocycles. The van der Waals surface area contributed by atoms with E-state index in [9.17, 15) is 9.59 Å². The summed E-state index contributed by atoms with van der Waals surface area (Å²) in [6, 6.07) is 7.14. The zero-order chi connectivity index (χ0) is 15.0. The lowest BCUT2D eigenvalue weighted by Gasteiger charge is -2.11. The van der Waals surface area contributed by atoms with E-state index in [2.05, 4.69) is 5.32 Å². The summed E-state index contributed by atoms with van der Waals surface area (Å²) in [5.74, 6) is -0.0243. The molecule has 1 amide bonds. The van der Waals surface area contributed by atoms with Gasteiger partial charge in [-0.2, -0.15) is 0 Å². The maximum Gasteiger partial charge on any atom is 0.305 e. The predicted molar refractivity (Wildman–Crippen MR) is 78.2 cm³/mol. The monoisotopic (exact) mass is 297 g/mol. The van der Waals surface area contributed by atoms with Crippen molar-refractivity contribution in [1.82, 2.24) is 5.32 Å². The molecule has 6 heteroatoms. The standard InChI is InChI=1S/C14H19NO4S/c1-3-19-11-4-6-12(7-5-11)20-9-13(16)15-10(2)8-14(17)18/h4-7,10H,3,8-9H2,1-2H3,(H,15,16)(H,17,18). The summed E-state index contributed by atoms with van der Waals surface area (Å²) in [6.07, 6.45) is -0.0700. The predicted octanol–water partition coefficient (Wildman–Crippen LogP) is 2.16. The molecule has 0 saturated heterocycles. The van der Waals surface area contributed by atoms with Gasteiger partial charge in [-0.25, -0.2) is 0 Å². The maximum absolute atomic E-state index is 11.6. The minimum atomic E-state index is -0.919. The van der Waals surface area contributed by atoms with Gasteiger partial charge in [0.1, 0.15) is 5.75 Å². The van der Waals surface area contributed by atoms with Crippen molar-refractivity contribution < 1.29 is 19.4 Å². The molecule has 20 heavy (non-hydrogen) atoms. The molecule has 110 valence electrons. The number of hydrogen-bond acceptors (Lipinski definition) is 4. The largest absolute Gasteiger partial charge is 0.494 e. The van der Waals surface area contributed by atoms with Crippen LogP contribution in [0.4, 0.5) is 0 Å². The van der Waals surface area contributed by atoms with Crippen LogP contribution in [-0.2, 0) is 9.59 Å². The lowest BCUT2D eigenvalue weighted by molar-refractivity contribution is -0.137. The van der Waals surface area contributed by atoms with Crippen molar-refractivity contribution in [3.8, 4) is 5.75 Å². The fourth-order valence-corrected chi connectivity index (χ4v) is 2.29. The Morgan fingerprint density at radius 1 is 1.35 bits per heavy atom. The van der Waals surface area contributed by atoms with E-state index in [-0.39, 0.29) is 24.1 Å². The smallest absolute Gasteiger partial charge is 0.305 e. The van der Waals surface area contributed by atoms with Crippen LogP contribution in [0, 0.1) is 0 Å². The zero-order valence-corrected chi connectivity index (χ0v) is 12.4. The average Bonchev–Trinajstić information content (AvgIpc) is 2.37. The topological polar surface area (TPSA) is 75.6 Å². The summed E-state index contributed by atoms with van der Waals surface area (Å²) >= 11 is 1.40. The normalized spacial score (nSPS) is 11.7. The lowest BCUT2D eigenvalue weighted by atomic mass is 10.2. The van der Waals surface area contributed by atoms with Gasteiger partial charge in [-0.1, -0.05) is 0 Å². The number of ether oxygens (including phenoxy) is 1. The highest BCUT2D eigenvalue weighted by Gasteiger charge is 2.11. The quantitative estimate of drug-likeness (QED) is 0.719. The van der Waals surface area contributed by atoms with Crippen LogP contribution in [0.15, 0.2) is 29.2 Å². The Morgan fingerprint density at radius 2 is 2.00 bits per heavy atom. The van der Waals surface area contributed by atoms with Crippen molar-refractivity contribution in [2.24, 2.45) is 0 Å². The molecule has 1 aromatic rings. The Kier molecular flexibility index (Phi) is 6.93. The van der Waals surface area contributed by atoms with E-state index in [1.807, 2.05) is 31.2 Å². The number of hydrogen-bond donors (Lipinski definition) is 2. The van der Waals surface area contributed by atoms with Crippen LogP contribution in [0.3, 0.4) is 0 Å². The van der Waals surface area contributed by atoms with Crippen molar-refractivity contribution in [3.05, 3.63) is 24.3 Å². The first-order valence-electron chi connectivity index (χ1n) is 6.38. The number of amides is 1. The summed E-state index contributed by atoms with van der Waals surface area (Å²) in [4.78, 5) is 23.1.